The smallest absolute Gasteiger partial charge is 0.191 e. The summed E-state index contributed by atoms with van der Waals surface area (Å²) in [6, 6.07) is 3.87. The van der Waals surface area contributed by atoms with Gasteiger partial charge in [0.2, 0.25) is 0 Å². The largest absolute Gasteiger partial charge is 0.469 e. The molecule has 0 unspecified atom stereocenters. The highest BCUT2D eigenvalue weighted by Gasteiger charge is 2.04. The first kappa shape index (κ1) is 17.5. The van der Waals surface area contributed by atoms with Gasteiger partial charge in [-0.05, 0) is 26.0 Å². The summed E-state index contributed by atoms with van der Waals surface area (Å²) in [4.78, 5) is 10.4. The number of nitrogens with zero attached hydrogens (tertiary/aromatic N) is 2. The minimum absolute atomic E-state index is 0.572. The molecule has 0 aliphatic rings. The molecule has 0 aliphatic carbocycles. The van der Waals surface area contributed by atoms with Crippen LogP contribution in [0.3, 0.4) is 0 Å². The van der Waals surface area contributed by atoms with Gasteiger partial charge in [0.15, 0.2) is 5.96 Å². The first-order valence-electron chi connectivity index (χ1n) is 7.65. The van der Waals surface area contributed by atoms with Crippen LogP contribution in [0.2, 0.25) is 0 Å². The summed E-state index contributed by atoms with van der Waals surface area (Å²) in [5.74, 6) is 1.72. The van der Waals surface area contributed by atoms with Gasteiger partial charge in [-0.3, -0.25) is 0 Å². The molecule has 0 aromatic carbocycles. The number of rotatable bonds is 8. The Hall–Kier alpha value is -1.86. The Morgan fingerprint density at radius 1 is 1.35 bits per heavy atom. The lowest BCUT2D eigenvalue weighted by molar-refractivity contribution is 0.203. The number of hydrogen-bond acceptors (Lipinski definition) is 5. The summed E-state index contributed by atoms with van der Waals surface area (Å²) in [6.45, 7) is 6.77. The first-order valence-corrected chi connectivity index (χ1v) is 8.47. The number of nitrogens with one attached hydrogen (secondary N) is 2. The molecule has 2 heterocycles. The van der Waals surface area contributed by atoms with Crippen molar-refractivity contribution in [3.63, 3.8) is 0 Å². The molecule has 6 nitrogen and oxygen atoms in total. The topological polar surface area (TPSA) is 71.7 Å². The number of furan rings is 1. The summed E-state index contributed by atoms with van der Waals surface area (Å²) >= 11 is 1.69. The second-order valence-electron chi connectivity index (χ2n) is 5.09. The summed E-state index contributed by atoms with van der Waals surface area (Å²) < 4.78 is 10.4. The molecule has 0 aliphatic heterocycles. The first-order chi connectivity index (χ1) is 11.2. The lowest BCUT2D eigenvalue weighted by Crippen LogP contribution is -2.40. The van der Waals surface area contributed by atoms with Gasteiger partial charge in [-0.1, -0.05) is 0 Å². The van der Waals surface area contributed by atoms with E-state index in [1.807, 2.05) is 19.1 Å². The van der Waals surface area contributed by atoms with Crippen molar-refractivity contribution in [1.29, 1.82) is 0 Å². The van der Waals surface area contributed by atoms with Crippen LogP contribution in [-0.4, -0.2) is 37.7 Å². The molecular formula is C16H24N4O2S. The van der Waals surface area contributed by atoms with Crippen molar-refractivity contribution in [2.75, 3.05) is 26.8 Å². The molecule has 0 saturated carbocycles. The van der Waals surface area contributed by atoms with Crippen LogP contribution in [0.4, 0.5) is 0 Å². The van der Waals surface area contributed by atoms with E-state index in [1.54, 1.807) is 24.7 Å². The van der Waals surface area contributed by atoms with E-state index in [0.717, 1.165) is 35.4 Å². The van der Waals surface area contributed by atoms with Crippen LogP contribution in [0, 0.1) is 13.8 Å². The predicted molar refractivity (Wildman–Crippen MR) is 93.0 cm³/mol. The molecule has 0 fully saturated rings. The monoisotopic (exact) mass is 336 g/mol. The van der Waals surface area contributed by atoms with Crippen LogP contribution >= 0.6 is 11.3 Å². The minimum Gasteiger partial charge on any atom is -0.469 e. The fourth-order valence-electron chi connectivity index (χ4n) is 1.96. The summed E-state index contributed by atoms with van der Waals surface area (Å²) in [7, 11) is 1.68. The van der Waals surface area contributed by atoms with Gasteiger partial charge >= 0.3 is 0 Å². The van der Waals surface area contributed by atoms with Crippen molar-refractivity contribution in [3.8, 4) is 0 Å². The van der Waals surface area contributed by atoms with E-state index in [4.69, 9.17) is 9.15 Å². The number of thiazole rings is 1. The normalized spacial score (nSPS) is 11.7. The zero-order valence-corrected chi connectivity index (χ0v) is 14.7. The summed E-state index contributed by atoms with van der Waals surface area (Å²) in [5, 5.41) is 7.59. The maximum absolute atomic E-state index is 5.33. The van der Waals surface area contributed by atoms with E-state index in [2.05, 4.69) is 27.5 Å². The van der Waals surface area contributed by atoms with E-state index in [0.29, 0.717) is 19.7 Å². The third-order valence-corrected chi connectivity index (χ3v) is 4.35. The summed E-state index contributed by atoms with van der Waals surface area (Å²) in [5.41, 5.74) is 1.08. The Kier molecular flexibility index (Phi) is 7.09. The minimum atomic E-state index is 0.572. The van der Waals surface area contributed by atoms with E-state index >= 15 is 0 Å². The van der Waals surface area contributed by atoms with Crippen molar-refractivity contribution < 1.29 is 9.15 Å². The van der Waals surface area contributed by atoms with Crippen LogP contribution < -0.4 is 10.6 Å². The molecule has 0 saturated heterocycles. The van der Waals surface area contributed by atoms with Crippen LogP contribution in [0.25, 0.3) is 0 Å². The molecule has 2 N–H and O–H groups in total. The second kappa shape index (κ2) is 9.32. The Morgan fingerprint density at radius 3 is 2.83 bits per heavy atom. The molecule has 7 heteroatoms. The highest BCUT2D eigenvalue weighted by Crippen LogP contribution is 2.16. The highest BCUT2D eigenvalue weighted by atomic mass is 32.1. The van der Waals surface area contributed by atoms with Gasteiger partial charge in [0.1, 0.15) is 10.8 Å². The summed E-state index contributed by atoms with van der Waals surface area (Å²) in [6.07, 6.45) is 2.50. The van der Waals surface area contributed by atoms with Gasteiger partial charge in [0.05, 0.1) is 25.1 Å². The predicted octanol–water partition coefficient (Wildman–Crippen LogP) is 2.28. The van der Waals surface area contributed by atoms with Crippen molar-refractivity contribution in [2.45, 2.75) is 26.8 Å². The third-order valence-electron chi connectivity index (χ3n) is 3.29. The fraction of sp³-hybridized carbons (Fsp3) is 0.500. The molecule has 0 spiro atoms. The lowest BCUT2D eigenvalue weighted by Gasteiger charge is -2.11. The van der Waals surface area contributed by atoms with Gasteiger partial charge < -0.3 is 19.8 Å². The average molecular weight is 336 g/mol. The number of guanidine groups is 1. The maximum atomic E-state index is 5.33. The number of aromatic nitrogens is 1. The Morgan fingerprint density at radius 2 is 2.17 bits per heavy atom. The molecule has 0 amide bonds. The SMILES string of the molecule is COCCNC(=NCc1nc(C)c(C)s1)NCCc1ccco1. The van der Waals surface area contributed by atoms with Gasteiger partial charge in [-0.2, -0.15) is 0 Å². The van der Waals surface area contributed by atoms with E-state index < -0.39 is 0 Å². The number of aryl methyl sites for hydroxylation is 2. The quantitative estimate of drug-likeness (QED) is 0.440. The Balaban J connectivity index is 1.87. The molecule has 23 heavy (non-hydrogen) atoms. The van der Waals surface area contributed by atoms with Crippen molar-refractivity contribution in [1.82, 2.24) is 15.6 Å². The van der Waals surface area contributed by atoms with Crippen LogP contribution in [0.15, 0.2) is 27.8 Å². The third kappa shape index (κ3) is 6.03. The molecule has 0 atom stereocenters. The molecule has 0 radical (unpaired) electrons. The average Bonchev–Trinajstić information content (AvgIpc) is 3.15. The number of aliphatic imine (C=N–C) groups is 1. The lowest BCUT2D eigenvalue weighted by atomic mass is 10.3. The van der Waals surface area contributed by atoms with E-state index in [9.17, 15) is 0 Å². The molecule has 0 bridgehead atoms. The Labute approximate surface area is 141 Å². The number of hydrogen-bond donors (Lipinski definition) is 2. The van der Waals surface area contributed by atoms with E-state index in [-0.39, 0.29) is 0 Å². The van der Waals surface area contributed by atoms with Gasteiger partial charge in [-0.25, -0.2) is 9.98 Å². The van der Waals surface area contributed by atoms with Crippen LogP contribution in [0.5, 0.6) is 0 Å². The van der Waals surface area contributed by atoms with Gasteiger partial charge in [-0.15, -0.1) is 11.3 Å². The zero-order valence-electron chi connectivity index (χ0n) is 13.9. The van der Waals surface area contributed by atoms with Crippen molar-refractivity contribution in [2.24, 2.45) is 4.99 Å². The molecule has 2 aromatic heterocycles. The van der Waals surface area contributed by atoms with E-state index in [1.165, 1.54) is 4.88 Å². The van der Waals surface area contributed by atoms with Crippen LogP contribution in [0.1, 0.15) is 21.3 Å². The molecule has 2 rings (SSSR count). The van der Waals surface area contributed by atoms with Gasteiger partial charge in [0, 0.05) is 31.5 Å². The number of methoxy groups -OCH3 is 1. The van der Waals surface area contributed by atoms with Crippen molar-refractivity contribution >= 4 is 17.3 Å². The zero-order chi connectivity index (χ0) is 16.5. The number of ether oxygens (including phenoxy) is 1. The molecule has 2 aromatic rings. The van der Waals surface area contributed by atoms with Crippen LogP contribution in [-0.2, 0) is 17.7 Å². The molecular weight excluding hydrogens is 312 g/mol. The molecule has 126 valence electrons. The van der Waals surface area contributed by atoms with Crippen molar-refractivity contribution in [3.05, 3.63) is 39.7 Å². The fourth-order valence-corrected chi connectivity index (χ4v) is 2.82. The van der Waals surface area contributed by atoms with Gasteiger partial charge in [0.25, 0.3) is 0 Å². The standard InChI is InChI=1S/C16H24N4O2S/c1-12-13(2)23-15(20-12)11-19-16(18-8-10-21-3)17-7-6-14-5-4-9-22-14/h4-5,9H,6-8,10-11H2,1-3H3,(H2,17,18,19). The second-order valence-corrected chi connectivity index (χ2v) is 6.38. The Bertz CT molecular complexity index is 588. The maximum Gasteiger partial charge on any atom is 0.191 e. The highest BCUT2D eigenvalue weighted by molar-refractivity contribution is 7.11.